The van der Waals surface area contributed by atoms with Crippen molar-refractivity contribution in [2.45, 2.75) is 44.2 Å². The number of halogens is 1. The Hall–Kier alpha value is -3.83. The molecule has 0 unspecified atom stereocenters. The molecule has 3 aliphatic rings. The van der Waals surface area contributed by atoms with Crippen LogP contribution in [-0.4, -0.2) is 48.6 Å². The molecule has 1 aliphatic heterocycles. The Morgan fingerprint density at radius 2 is 1.92 bits per heavy atom. The molecule has 4 N–H and O–H groups in total. The van der Waals surface area contributed by atoms with Crippen LogP contribution in [0.15, 0.2) is 46.5 Å². The van der Waals surface area contributed by atoms with Gasteiger partial charge in [0.05, 0.1) is 11.9 Å². The van der Waals surface area contributed by atoms with Crippen LogP contribution in [0.2, 0.25) is 5.02 Å². The number of nitrogens with one attached hydrogen (secondary N) is 2. The summed E-state index contributed by atoms with van der Waals surface area (Å²) in [5, 5.41) is 3.43. The molecular weight excluding hydrogens is 506 g/mol. The summed E-state index contributed by atoms with van der Waals surface area (Å²) in [4.78, 5) is 48.8. The van der Waals surface area contributed by atoms with Crippen molar-refractivity contribution in [3.05, 3.63) is 73.9 Å². The zero-order chi connectivity index (χ0) is 26.0. The molecule has 12 heteroatoms. The highest BCUT2D eigenvalue weighted by Gasteiger charge is 2.46. The molecule has 0 radical (unpaired) electrons. The minimum Gasteiger partial charge on any atom is -0.366 e. The van der Waals surface area contributed by atoms with Gasteiger partial charge in [-0.3, -0.25) is 14.8 Å². The largest absolute Gasteiger partial charge is 0.366 e. The summed E-state index contributed by atoms with van der Waals surface area (Å²) in [6.45, 7) is 1.50. The van der Waals surface area contributed by atoms with Gasteiger partial charge in [0.25, 0.3) is 5.56 Å². The predicted molar refractivity (Wildman–Crippen MR) is 144 cm³/mol. The molecule has 194 valence electrons. The minimum absolute atomic E-state index is 0.00517. The van der Waals surface area contributed by atoms with E-state index in [0.29, 0.717) is 17.7 Å². The normalized spacial score (nSPS) is 20.2. The van der Waals surface area contributed by atoms with Gasteiger partial charge in [0.1, 0.15) is 16.7 Å². The lowest BCUT2D eigenvalue weighted by Crippen LogP contribution is -2.44. The number of hydrogen-bond donors (Lipinski definition) is 3. The molecule has 1 atom stereocenters. The Balaban J connectivity index is 1.17. The second-order valence-electron chi connectivity index (χ2n) is 10.5. The van der Waals surface area contributed by atoms with Gasteiger partial charge in [0.15, 0.2) is 11.2 Å². The topological polar surface area (TPSA) is 148 Å². The maximum Gasteiger partial charge on any atom is 0.334 e. The van der Waals surface area contributed by atoms with E-state index in [1.807, 2.05) is 12.3 Å². The van der Waals surface area contributed by atoms with Gasteiger partial charge in [-0.2, -0.15) is 0 Å². The van der Waals surface area contributed by atoms with Crippen LogP contribution in [0.4, 0.5) is 11.6 Å². The van der Waals surface area contributed by atoms with Crippen LogP contribution in [0.1, 0.15) is 42.9 Å². The molecule has 7 rings (SSSR count). The maximum atomic E-state index is 13.4. The molecule has 11 nitrogen and oxygen atoms in total. The van der Waals surface area contributed by atoms with E-state index >= 15 is 0 Å². The number of aromatic amines is 1. The second-order valence-corrected chi connectivity index (χ2v) is 10.9. The first kappa shape index (κ1) is 23.3. The van der Waals surface area contributed by atoms with E-state index in [9.17, 15) is 9.59 Å². The van der Waals surface area contributed by atoms with E-state index in [1.165, 1.54) is 23.4 Å². The molecule has 1 spiro atoms. The summed E-state index contributed by atoms with van der Waals surface area (Å²) >= 11 is 6.54. The first-order chi connectivity index (χ1) is 18.4. The van der Waals surface area contributed by atoms with Crippen molar-refractivity contribution < 1.29 is 0 Å². The molecule has 0 amide bonds. The first-order valence-corrected chi connectivity index (χ1v) is 13.2. The van der Waals surface area contributed by atoms with Crippen LogP contribution in [-0.2, 0) is 6.42 Å². The fourth-order valence-corrected chi connectivity index (χ4v) is 6.11. The smallest absolute Gasteiger partial charge is 0.334 e. The number of H-pyrrole nitrogens is 1. The van der Waals surface area contributed by atoms with Gasteiger partial charge in [-0.05, 0) is 60.8 Å². The highest BCUT2D eigenvalue weighted by atomic mass is 35.5. The lowest BCUT2D eigenvalue weighted by molar-refractivity contribution is 0.187. The van der Waals surface area contributed by atoms with Gasteiger partial charge in [-0.15, -0.1) is 0 Å². The molecule has 4 aromatic heterocycles. The molecule has 0 aromatic carbocycles. The van der Waals surface area contributed by atoms with Crippen molar-refractivity contribution >= 4 is 34.4 Å². The standard InChI is InChI=1S/C26H26ClN9O2/c27-19-17(4-8-30-22(19)32-15-1-2-15)36-24(37)20-23(34-25(36)38)33-18(13-31-20)35-9-5-26(6-10-35)11-14-12-29-7-3-16(14)21(26)28/h3-4,7-8,12-13,15,21H,1-2,5-6,9-11,28H2,(H,30,32)(H,33,34,38)/t21-/m1/s1. The third kappa shape index (κ3) is 3.68. The van der Waals surface area contributed by atoms with Gasteiger partial charge in [0.2, 0.25) is 0 Å². The van der Waals surface area contributed by atoms with Crippen molar-refractivity contribution in [3.8, 4) is 5.69 Å². The average Bonchev–Trinajstić information content (AvgIpc) is 3.70. The van der Waals surface area contributed by atoms with Gasteiger partial charge < -0.3 is 16.0 Å². The predicted octanol–water partition coefficient (Wildman–Crippen LogP) is 2.33. The summed E-state index contributed by atoms with van der Waals surface area (Å²) in [7, 11) is 0. The summed E-state index contributed by atoms with van der Waals surface area (Å²) in [5.74, 6) is 1.06. The fraction of sp³-hybridized carbons (Fsp3) is 0.385. The van der Waals surface area contributed by atoms with Crippen molar-refractivity contribution in [2.75, 3.05) is 23.3 Å². The Labute approximate surface area is 222 Å². The van der Waals surface area contributed by atoms with Gasteiger partial charge in [-0.1, -0.05) is 11.6 Å². The van der Waals surface area contributed by atoms with Crippen LogP contribution >= 0.6 is 11.6 Å². The van der Waals surface area contributed by atoms with Crippen LogP contribution in [0.5, 0.6) is 0 Å². The Bertz CT molecular complexity index is 1690. The molecule has 38 heavy (non-hydrogen) atoms. The maximum absolute atomic E-state index is 13.4. The molecular formula is C26H26ClN9O2. The van der Waals surface area contributed by atoms with Crippen molar-refractivity contribution in [1.82, 2.24) is 29.5 Å². The van der Waals surface area contributed by atoms with Crippen molar-refractivity contribution in [2.24, 2.45) is 11.1 Å². The number of fused-ring (bicyclic) bond motifs is 2. The molecule has 2 aliphatic carbocycles. The lowest BCUT2D eigenvalue weighted by atomic mass is 9.73. The van der Waals surface area contributed by atoms with Crippen molar-refractivity contribution in [1.29, 1.82) is 0 Å². The summed E-state index contributed by atoms with van der Waals surface area (Å²) in [6, 6.07) is 3.87. The summed E-state index contributed by atoms with van der Waals surface area (Å²) in [5.41, 5.74) is 8.34. The average molecular weight is 532 g/mol. The number of pyridine rings is 2. The Morgan fingerprint density at radius 3 is 2.68 bits per heavy atom. The molecule has 1 saturated heterocycles. The fourth-order valence-electron chi connectivity index (χ4n) is 5.85. The summed E-state index contributed by atoms with van der Waals surface area (Å²) in [6.07, 6.45) is 11.6. The quantitative estimate of drug-likeness (QED) is 0.361. The van der Waals surface area contributed by atoms with E-state index in [-0.39, 0.29) is 33.3 Å². The van der Waals surface area contributed by atoms with E-state index < -0.39 is 11.2 Å². The van der Waals surface area contributed by atoms with Gasteiger partial charge >= 0.3 is 5.69 Å². The lowest BCUT2D eigenvalue weighted by Gasteiger charge is -2.42. The SMILES string of the molecule is N[C@@H]1c2ccncc2CC12CCN(c1cnc3c(=O)n(-c4ccnc(NC5CC5)c4Cl)c(=O)[nH]c3n1)CC2. The van der Waals surface area contributed by atoms with Crippen LogP contribution in [0.3, 0.4) is 0 Å². The van der Waals surface area contributed by atoms with Gasteiger partial charge in [0, 0.05) is 43.8 Å². The van der Waals surface area contributed by atoms with Crippen LogP contribution in [0.25, 0.3) is 16.9 Å². The monoisotopic (exact) mass is 531 g/mol. The third-order valence-corrected chi connectivity index (χ3v) is 8.56. The number of aromatic nitrogens is 6. The highest BCUT2D eigenvalue weighted by Crippen LogP contribution is 2.50. The molecule has 2 fully saturated rings. The molecule has 4 aromatic rings. The number of piperidine rings is 1. The highest BCUT2D eigenvalue weighted by molar-refractivity contribution is 6.34. The van der Waals surface area contributed by atoms with E-state index in [0.717, 1.165) is 49.8 Å². The molecule has 0 bridgehead atoms. The number of hydrogen-bond acceptors (Lipinski definition) is 9. The van der Waals surface area contributed by atoms with E-state index in [4.69, 9.17) is 17.3 Å². The molecule has 5 heterocycles. The number of nitrogens with two attached hydrogens (primary N) is 1. The van der Waals surface area contributed by atoms with Gasteiger partial charge in [-0.25, -0.2) is 24.3 Å². The minimum atomic E-state index is -0.639. The van der Waals surface area contributed by atoms with Crippen LogP contribution in [0, 0.1) is 5.41 Å². The van der Waals surface area contributed by atoms with Crippen LogP contribution < -0.4 is 27.2 Å². The van der Waals surface area contributed by atoms with E-state index in [1.54, 1.807) is 12.4 Å². The zero-order valence-corrected chi connectivity index (χ0v) is 21.3. The van der Waals surface area contributed by atoms with Crippen molar-refractivity contribution in [3.63, 3.8) is 0 Å². The third-order valence-electron chi connectivity index (χ3n) is 8.18. The summed E-state index contributed by atoms with van der Waals surface area (Å²) < 4.78 is 0.984. The number of nitrogens with zero attached hydrogens (tertiary/aromatic N) is 6. The van der Waals surface area contributed by atoms with E-state index in [2.05, 4.69) is 35.1 Å². The number of anilines is 2. The second kappa shape index (κ2) is 8.60. The first-order valence-electron chi connectivity index (χ1n) is 12.8. The Morgan fingerprint density at radius 1 is 1.11 bits per heavy atom. The Kier molecular flexibility index (Phi) is 5.27. The number of rotatable bonds is 4. The zero-order valence-electron chi connectivity index (χ0n) is 20.5. The molecule has 1 saturated carbocycles.